The van der Waals surface area contributed by atoms with Crippen LogP contribution in [-0.2, 0) is 0 Å². The van der Waals surface area contributed by atoms with Crippen LogP contribution in [0.3, 0.4) is 0 Å². The van der Waals surface area contributed by atoms with Crippen molar-refractivity contribution in [1.82, 2.24) is 0 Å². The number of halogens is 2. The maximum Gasteiger partial charge on any atom is 0.124 e. The standard InChI is InChI=1S/C16H10F2O/c17-13-4-1-10(2-5-13)15-8-12-7-14(18)6-3-11(12)9-16(15)19/h1-9,19H. The summed E-state index contributed by atoms with van der Waals surface area (Å²) in [5, 5.41) is 11.5. The van der Waals surface area contributed by atoms with E-state index < -0.39 is 0 Å². The topological polar surface area (TPSA) is 20.2 Å². The van der Waals surface area contributed by atoms with Crippen molar-refractivity contribution in [3.05, 3.63) is 66.2 Å². The molecule has 0 radical (unpaired) electrons. The Kier molecular flexibility index (Phi) is 2.67. The maximum absolute atomic E-state index is 13.2. The number of aromatic hydroxyl groups is 1. The molecule has 0 spiro atoms. The molecular formula is C16H10F2O. The first-order chi connectivity index (χ1) is 9.13. The van der Waals surface area contributed by atoms with Gasteiger partial charge in [-0.15, -0.1) is 0 Å². The highest BCUT2D eigenvalue weighted by Gasteiger charge is 2.07. The molecule has 0 saturated heterocycles. The molecule has 3 aromatic rings. The number of phenolic OH excluding ortho intramolecular Hbond substituents is 1. The number of fused-ring (bicyclic) bond motifs is 1. The molecule has 3 rings (SSSR count). The number of rotatable bonds is 1. The van der Waals surface area contributed by atoms with Gasteiger partial charge in [-0.1, -0.05) is 18.2 Å². The van der Waals surface area contributed by atoms with Crippen LogP contribution in [0.15, 0.2) is 54.6 Å². The Labute approximate surface area is 108 Å². The Morgan fingerprint density at radius 3 is 2.11 bits per heavy atom. The summed E-state index contributed by atoms with van der Waals surface area (Å²) in [4.78, 5) is 0. The fraction of sp³-hybridized carbons (Fsp3) is 0. The zero-order chi connectivity index (χ0) is 13.4. The fourth-order valence-electron chi connectivity index (χ4n) is 2.12. The predicted molar refractivity (Wildman–Crippen MR) is 71.0 cm³/mol. The summed E-state index contributed by atoms with van der Waals surface area (Å²) in [6, 6.07) is 13.4. The lowest BCUT2D eigenvalue weighted by molar-refractivity contribution is 0.478. The van der Waals surface area contributed by atoms with Crippen LogP contribution in [0.4, 0.5) is 8.78 Å². The van der Waals surface area contributed by atoms with Crippen LogP contribution in [0, 0.1) is 11.6 Å². The zero-order valence-electron chi connectivity index (χ0n) is 9.90. The number of hydrogen-bond acceptors (Lipinski definition) is 1. The molecule has 3 aromatic carbocycles. The summed E-state index contributed by atoms with van der Waals surface area (Å²) in [5.41, 5.74) is 1.24. The molecular weight excluding hydrogens is 246 g/mol. The number of hydrogen-bond donors (Lipinski definition) is 1. The molecule has 0 saturated carbocycles. The normalized spacial score (nSPS) is 10.8. The minimum absolute atomic E-state index is 0.0886. The molecule has 0 aliphatic rings. The van der Waals surface area contributed by atoms with Gasteiger partial charge in [0.2, 0.25) is 0 Å². The van der Waals surface area contributed by atoms with Crippen LogP contribution >= 0.6 is 0 Å². The van der Waals surface area contributed by atoms with Crippen molar-refractivity contribution in [3.63, 3.8) is 0 Å². The molecule has 1 N–H and O–H groups in total. The molecule has 94 valence electrons. The van der Waals surface area contributed by atoms with E-state index >= 15 is 0 Å². The Morgan fingerprint density at radius 1 is 0.684 bits per heavy atom. The van der Waals surface area contributed by atoms with Gasteiger partial charge in [-0.3, -0.25) is 0 Å². The molecule has 0 aliphatic heterocycles. The fourth-order valence-corrected chi connectivity index (χ4v) is 2.12. The van der Waals surface area contributed by atoms with Crippen LogP contribution in [0.1, 0.15) is 0 Å². The van der Waals surface area contributed by atoms with Crippen LogP contribution in [0.2, 0.25) is 0 Å². The van der Waals surface area contributed by atoms with Crippen molar-refractivity contribution < 1.29 is 13.9 Å². The second kappa shape index (κ2) is 4.35. The van der Waals surface area contributed by atoms with Crippen molar-refractivity contribution in [3.8, 4) is 16.9 Å². The summed E-state index contributed by atoms with van der Waals surface area (Å²) in [5.74, 6) is -0.580. The molecule has 0 aromatic heterocycles. The lowest BCUT2D eigenvalue weighted by Gasteiger charge is -2.07. The van der Waals surface area contributed by atoms with Gasteiger partial charge in [-0.25, -0.2) is 8.78 Å². The molecule has 0 heterocycles. The van der Waals surface area contributed by atoms with E-state index in [-0.39, 0.29) is 17.4 Å². The highest BCUT2D eigenvalue weighted by atomic mass is 19.1. The van der Waals surface area contributed by atoms with Crippen LogP contribution in [-0.4, -0.2) is 5.11 Å². The van der Waals surface area contributed by atoms with E-state index in [1.807, 2.05) is 0 Å². The van der Waals surface area contributed by atoms with Crippen molar-refractivity contribution in [2.75, 3.05) is 0 Å². The maximum atomic E-state index is 13.2. The van der Waals surface area contributed by atoms with E-state index in [4.69, 9.17) is 0 Å². The highest BCUT2D eigenvalue weighted by molar-refractivity contribution is 5.90. The molecule has 0 fully saturated rings. The molecule has 0 atom stereocenters. The first kappa shape index (κ1) is 11.7. The third-order valence-corrected chi connectivity index (χ3v) is 3.07. The van der Waals surface area contributed by atoms with Crippen LogP contribution in [0.25, 0.3) is 21.9 Å². The average Bonchev–Trinajstić information content (AvgIpc) is 2.40. The molecule has 0 unspecified atom stereocenters. The van der Waals surface area contributed by atoms with E-state index in [2.05, 4.69) is 0 Å². The van der Waals surface area contributed by atoms with Crippen LogP contribution in [0.5, 0.6) is 5.75 Å². The van der Waals surface area contributed by atoms with Gasteiger partial charge in [-0.2, -0.15) is 0 Å². The minimum Gasteiger partial charge on any atom is -0.507 e. The second-order valence-electron chi connectivity index (χ2n) is 4.37. The largest absolute Gasteiger partial charge is 0.507 e. The average molecular weight is 256 g/mol. The molecule has 19 heavy (non-hydrogen) atoms. The Morgan fingerprint density at radius 2 is 1.37 bits per heavy atom. The zero-order valence-corrected chi connectivity index (χ0v) is 9.90. The molecule has 3 heteroatoms. The van der Waals surface area contributed by atoms with Gasteiger partial charge in [0.15, 0.2) is 0 Å². The summed E-state index contributed by atoms with van der Waals surface area (Å²) < 4.78 is 26.1. The first-order valence-corrected chi connectivity index (χ1v) is 5.82. The third kappa shape index (κ3) is 2.15. The van der Waals surface area contributed by atoms with Crippen molar-refractivity contribution >= 4 is 10.8 Å². The third-order valence-electron chi connectivity index (χ3n) is 3.07. The van der Waals surface area contributed by atoms with E-state index in [9.17, 15) is 13.9 Å². The minimum atomic E-state index is -0.338. The second-order valence-corrected chi connectivity index (χ2v) is 4.37. The monoisotopic (exact) mass is 256 g/mol. The van der Waals surface area contributed by atoms with E-state index in [1.54, 1.807) is 30.3 Å². The molecule has 0 aliphatic carbocycles. The Balaban J connectivity index is 2.23. The van der Waals surface area contributed by atoms with E-state index in [1.165, 1.54) is 24.3 Å². The summed E-state index contributed by atoms with van der Waals surface area (Å²) in [6.07, 6.45) is 0. The van der Waals surface area contributed by atoms with Gasteiger partial charge in [0.05, 0.1) is 0 Å². The van der Waals surface area contributed by atoms with Gasteiger partial charge in [-0.05, 0) is 52.7 Å². The van der Waals surface area contributed by atoms with Crippen LogP contribution < -0.4 is 0 Å². The van der Waals surface area contributed by atoms with Gasteiger partial charge in [0.1, 0.15) is 17.4 Å². The Hall–Kier alpha value is -2.42. The first-order valence-electron chi connectivity index (χ1n) is 5.82. The van der Waals surface area contributed by atoms with Gasteiger partial charge in [0.25, 0.3) is 0 Å². The summed E-state index contributed by atoms with van der Waals surface area (Å²) in [7, 11) is 0. The lowest BCUT2D eigenvalue weighted by atomic mass is 10.00. The molecule has 0 bridgehead atoms. The quantitative estimate of drug-likeness (QED) is 0.680. The van der Waals surface area contributed by atoms with Gasteiger partial charge in [0, 0.05) is 5.56 Å². The Bertz CT molecular complexity index is 749. The lowest BCUT2D eigenvalue weighted by Crippen LogP contribution is -1.83. The highest BCUT2D eigenvalue weighted by Crippen LogP contribution is 2.33. The van der Waals surface area contributed by atoms with Crippen molar-refractivity contribution in [1.29, 1.82) is 0 Å². The van der Waals surface area contributed by atoms with Crippen molar-refractivity contribution in [2.45, 2.75) is 0 Å². The SMILES string of the molecule is Oc1cc2ccc(F)cc2cc1-c1ccc(F)cc1. The summed E-state index contributed by atoms with van der Waals surface area (Å²) in [6.45, 7) is 0. The molecule has 1 nitrogen and oxygen atoms in total. The number of benzene rings is 3. The van der Waals surface area contributed by atoms with E-state index in [0.717, 1.165) is 5.39 Å². The smallest absolute Gasteiger partial charge is 0.124 e. The predicted octanol–water partition coefficient (Wildman–Crippen LogP) is 4.49. The number of phenols is 1. The van der Waals surface area contributed by atoms with Crippen molar-refractivity contribution in [2.24, 2.45) is 0 Å². The summed E-state index contributed by atoms with van der Waals surface area (Å²) >= 11 is 0. The van der Waals surface area contributed by atoms with E-state index in [0.29, 0.717) is 16.5 Å². The van der Waals surface area contributed by atoms with Gasteiger partial charge >= 0.3 is 0 Å². The van der Waals surface area contributed by atoms with Gasteiger partial charge < -0.3 is 5.11 Å². The molecule has 0 amide bonds.